The van der Waals surface area contributed by atoms with Gasteiger partial charge in [0, 0.05) is 11.9 Å². The normalized spacial score (nSPS) is 20.5. The molecular weight excluding hydrogens is 238 g/mol. The van der Waals surface area contributed by atoms with Crippen molar-refractivity contribution in [2.75, 3.05) is 18.1 Å². The summed E-state index contributed by atoms with van der Waals surface area (Å²) in [6.45, 7) is 1.19. The van der Waals surface area contributed by atoms with Gasteiger partial charge in [-0.3, -0.25) is 0 Å². The first-order valence-corrected chi connectivity index (χ1v) is 6.98. The van der Waals surface area contributed by atoms with Crippen LogP contribution in [-0.4, -0.2) is 34.5 Å². The number of nitrogens with zero attached hydrogens (tertiary/aromatic N) is 3. The van der Waals surface area contributed by atoms with Crippen molar-refractivity contribution in [2.45, 2.75) is 31.7 Å². The maximum absolute atomic E-state index is 9.64. The van der Waals surface area contributed by atoms with Crippen LogP contribution in [0.25, 0.3) is 10.9 Å². The molecule has 3 rings (SSSR count). The van der Waals surface area contributed by atoms with Crippen molar-refractivity contribution in [2.24, 2.45) is 0 Å². The number of aliphatic hydroxyl groups excluding tert-OH is 1. The van der Waals surface area contributed by atoms with Crippen LogP contribution in [0.5, 0.6) is 0 Å². The summed E-state index contributed by atoms with van der Waals surface area (Å²) in [5.41, 5.74) is 2.02. The number of benzene rings is 1. The molecule has 100 valence electrons. The summed E-state index contributed by atoms with van der Waals surface area (Å²) in [6, 6.07) is 8.28. The number of aliphatic hydroxyl groups is 1. The van der Waals surface area contributed by atoms with Crippen molar-refractivity contribution in [3.8, 4) is 0 Å². The van der Waals surface area contributed by atoms with Gasteiger partial charge in [-0.05, 0) is 18.9 Å². The molecule has 1 aliphatic heterocycles. The Hall–Kier alpha value is -1.68. The van der Waals surface area contributed by atoms with Gasteiger partial charge in [0.05, 0.1) is 30.0 Å². The largest absolute Gasteiger partial charge is 0.394 e. The van der Waals surface area contributed by atoms with E-state index in [0.29, 0.717) is 0 Å². The number of anilines is 1. The second-order valence-electron chi connectivity index (χ2n) is 5.13. The molecule has 1 aromatic carbocycles. The minimum absolute atomic E-state index is 0.204. The Balaban J connectivity index is 2.06. The standard InChI is InChI=1S/C15H19N3O/c19-11-12-6-2-1-5-9-18(12)15-10-16-17-14-8-4-3-7-13(14)15/h3-4,7-8,10,12,19H,1-2,5-6,9,11H2. The smallest absolute Gasteiger partial charge is 0.0950 e. The molecule has 0 amide bonds. The van der Waals surface area contributed by atoms with Crippen LogP contribution >= 0.6 is 0 Å². The van der Waals surface area contributed by atoms with Gasteiger partial charge >= 0.3 is 0 Å². The number of fused-ring (bicyclic) bond motifs is 1. The predicted molar refractivity (Wildman–Crippen MR) is 76.2 cm³/mol. The van der Waals surface area contributed by atoms with E-state index in [9.17, 15) is 5.11 Å². The molecule has 2 heterocycles. The van der Waals surface area contributed by atoms with Crippen molar-refractivity contribution in [3.05, 3.63) is 30.5 Å². The molecule has 0 spiro atoms. The Kier molecular flexibility index (Phi) is 3.60. The second-order valence-corrected chi connectivity index (χ2v) is 5.13. The molecule has 4 nitrogen and oxygen atoms in total. The van der Waals surface area contributed by atoms with Gasteiger partial charge in [0.2, 0.25) is 0 Å². The fourth-order valence-electron chi connectivity index (χ4n) is 2.91. The third-order valence-electron chi connectivity index (χ3n) is 3.92. The molecule has 1 aromatic heterocycles. The average molecular weight is 257 g/mol. The van der Waals surface area contributed by atoms with Crippen LogP contribution in [-0.2, 0) is 0 Å². The van der Waals surface area contributed by atoms with Gasteiger partial charge in [-0.25, -0.2) is 0 Å². The van der Waals surface area contributed by atoms with Gasteiger partial charge in [-0.2, -0.15) is 10.2 Å². The SMILES string of the molecule is OCC1CCCCCN1c1cnnc2ccccc12. The summed E-state index contributed by atoms with van der Waals surface area (Å²) < 4.78 is 0. The van der Waals surface area contributed by atoms with Crippen molar-refractivity contribution in [1.82, 2.24) is 10.2 Å². The molecule has 1 saturated heterocycles. The molecule has 1 atom stereocenters. The average Bonchev–Trinajstić information content (AvgIpc) is 2.71. The number of aromatic nitrogens is 2. The van der Waals surface area contributed by atoms with Gasteiger partial charge in [0.25, 0.3) is 0 Å². The molecule has 1 unspecified atom stereocenters. The fourth-order valence-corrected chi connectivity index (χ4v) is 2.91. The minimum Gasteiger partial charge on any atom is -0.394 e. The summed E-state index contributed by atoms with van der Waals surface area (Å²) in [5, 5.41) is 19.1. The molecule has 1 aliphatic rings. The Morgan fingerprint density at radius 1 is 1.21 bits per heavy atom. The van der Waals surface area contributed by atoms with Crippen LogP contribution in [0.15, 0.2) is 30.5 Å². The zero-order chi connectivity index (χ0) is 13.1. The van der Waals surface area contributed by atoms with Gasteiger partial charge < -0.3 is 10.0 Å². The van der Waals surface area contributed by atoms with E-state index in [1.54, 1.807) is 0 Å². The summed E-state index contributed by atoms with van der Waals surface area (Å²) >= 11 is 0. The van der Waals surface area contributed by atoms with Crippen LogP contribution in [0.3, 0.4) is 0 Å². The molecule has 0 bridgehead atoms. The quantitative estimate of drug-likeness (QED) is 0.897. The van der Waals surface area contributed by atoms with Crippen molar-refractivity contribution >= 4 is 16.6 Å². The molecule has 0 radical (unpaired) electrons. The van der Waals surface area contributed by atoms with Gasteiger partial charge in [0.15, 0.2) is 0 Å². The first kappa shape index (κ1) is 12.4. The lowest BCUT2D eigenvalue weighted by molar-refractivity contribution is 0.255. The van der Waals surface area contributed by atoms with E-state index in [0.717, 1.165) is 29.6 Å². The predicted octanol–water partition coefficient (Wildman–Crippen LogP) is 2.37. The number of rotatable bonds is 2. The van der Waals surface area contributed by atoms with Crippen LogP contribution in [0.2, 0.25) is 0 Å². The Labute approximate surface area is 113 Å². The topological polar surface area (TPSA) is 49.2 Å². The van der Waals surface area contributed by atoms with E-state index in [1.165, 1.54) is 19.3 Å². The summed E-state index contributed by atoms with van der Waals surface area (Å²) in [6.07, 6.45) is 6.48. The molecule has 0 saturated carbocycles. The van der Waals surface area contributed by atoms with E-state index in [-0.39, 0.29) is 12.6 Å². The Morgan fingerprint density at radius 3 is 3.00 bits per heavy atom. The summed E-state index contributed by atoms with van der Waals surface area (Å²) in [7, 11) is 0. The van der Waals surface area contributed by atoms with E-state index in [1.807, 2.05) is 24.4 Å². The van der Waals surface area contributed by atoms with Crippen molar-refractivity contribution in [3.63, 3.8) is 0 Å². The number of hydrogen-bond acceptors (Lipinski definition) is 4. The van der Waals surface area contributed by atoms with Gasteiger partial charge in [0.1, 0.15) is 0 Å². The molecular formula is C15H19N3O. The van der Waals surface area contributed by atoms with E-state index >= 15 is 0 Å². The lowest BCUT2D eigenvalue weighted by atomic mass is 10.1. The highest BCUT2D eigenvalue weighted by atomic mass is 16.3. The molecule has 2 aromatic rings. The fraction of sp³-hybridized carbons (Fsp3) is 0.467. The molecule has 1 fully saturated rings. The zero-order valence-corrected chi connectivity index (χ0v) is 11.0. The highest BCUT2D eigenvalue weighted by Gasteiger charge is 2.22. The van der Waals surface area contributed by atoms with Gasteiger partial charge in [-0.1, -0.05) is 31.0 Å². The first-order chi connectivity index (χ1) is 9.40. The van der Waals surface area contributed by atoms with Crippen LogP contribution < -0.4 is 4.90 Å². The second kappa shape index (κ2) is 5.53. The van der Waals surface area contributed by atoms with E-state index in [2.05, 4.69) is 21.2 Å². The zero-order valence-electron chi connectivity index (χ0n) is 11.0. The highest BCUT2D eigenvalue weighted by molar-refractivity contribution is 5.90. The maximum Gasteiger partial charge on any atom is 0.0950 e. The summed E-state index contributed by atoms with van der Waals surface area (Å²) in [4.78, 5) is 2.31. The Bertz CT molecular complexity index is 553. The van der Waals surface area contributed by atoms with E-state index < -0.39 is 0 Å². The Morgan fingerprint density at radius 2 is 2.11 bits per heavy atom. The third-order valence-corrected chi connectivity index (χ3v) is 3.92. The first-order valence-electron chi connectivity index (χ1n) is 6.98. The lowest BCUT2D eigenvalue weighted by Crippen LogP contribution is -2.37. The van der Waals surface area contributed by atoms with Crippen LogP contribution in [0.4, 0.5) is 5.69 Å². The summed E-state index contributed by atoms with van der Waals surface area (Å²) in [5.74, 6) is 0. The lowest BCUT2D eigenvalue weighted by Gasteiger charge is -2.31. The monoisotopic (exact) mass is 257 g/mol. The highest BCUT2D eigenvalue weighted by Crippen LogP contribution is 2.29. The number of hydrogen-bond donors (Lipinski definition) is 1. The van der Waals surface area contributed by atoms with Crippen molar-refractivity contribution < 1.29 is 5.11 Å². The minimum atomic E-state index is 0.204. The maximum atomic E-state index is 9.64. The van der Waals surface area contributed by atoms with Crippen LogP contribution in [0.1, 0.15) is 25.7 Å². The molecule has 0 aliphatic carbocycles. The van der Waals surface area contributed by atoms with E-state index in [4.69, 9.17) is 0 Å². The molecule has 1 N–H and O–H groups in total. The van der Waals surface area contributed by atoms with Crippen LogP contribution in [0, 0.1) is 0 Å². The van der Waals surface area contributed by atoms with Gasteiger partial charge in [-0.15, -0.1) is 0 Å². The third kappa shape index (κ3) is 2.40. The molecule has 19 heavy (non-hydrogen) atoms. The molecule has 4 heteroatoms. The van der Waals surface area contributed by atoms with Crippen molar-refractivity contribution in [1.29, 1.82) is 0 Å².